The average molecular weight is 557 g/mol. The number of ether oxygens (including phenoxy) is 3. The summed E-state index contributed by atoms with van der Waals surface area (Å²) in [6, 6.07) is 24.3. The molecule has 9 heteroatoms. The molecule has 0 aromatic heterocycles. The molecule has 1 fully saturated rings. The molecular formula is C32H36N4O5. The van der Waals surface area contributed by atoms with E-state index in [0.717, 1.165) is 35.7 Å². The van der Waals surface area contributed by atoms with E-state index in [9.17, 15) is 9.59 Å². The molecule has 0 aliphatic carbocycles. The van der Waals surface area contributed by atoms with E-state index in [1.54, 1.807) is 48.4 Å². The first-order chi connectivity index (χ1) is 20.1. The third-order valence-electron chi connectivity index (χ3n) is 7.49. The molecule has 9 nitrogen and oxygen atoms in total. The highest BCUT2D eigenvalue weighted by Crippen LogP contribution is 2.33. The molecule has 214 valence electrons. The molecule has 2 amide bonds. The maximum absolute atomic E-state index is 14.0. The number of rotatable bonds is 10. The zero-order valence-electron chi connectivity index (χ0n) is 23.6. The molecule has 2 aliphatic heterocycles. The van der Waals surface area contributed by atoms with Gasteiger partial charge in [-0.15, -0.1) is 0 Å². The fraction of sp³-hybridized carbons (Fsp3) is 0.344. The first kappa shape index (κ1) is 28.3. The van der Waals surface area contributed by atoms with Gasteiger partial charge in [0.05, 0.1) is 39.2 Å². The van der Waals surface area contributed by atoms with Gasteiger partial charge in [-0.05, 0) is 42.0 Å². The molecule has 2 aliphatic rings. The summed E-state index contributed by atoms with van der Waals surface area (Å²) in [6.07, 6.45) is 0.559. The maximum Gasteiger partial charge on any atom is 0.262 e. The zero-order valence-corrected chi connectivity index (χ0v) is 23.6. The monoisotopic (exact) mass is 556 g/mol. The van der Waals surface area contributed by atoms with Gasteiger partial charge in [0, 0.05) is 43.7 Å². The summed E-state index contributed by atoms with van der Waals surface area (Å²) in [6.45, 7) is 3.91. The molecule has 0 bridgehead atoms. The van der Waals surface area contributed by atoms with Crippen molar-refractivity contribution >= 4 is 17.5 Å². The van der Waals surface area contributed by atoms with Crippen molar-refractivity contribution in [1.29, 1.82) is 0 Å². The second-order valence-corrected chi connectivity index (χ2v) is 10.1. The SMILES string of the molecule is COc1ccc(C(=O)N(CCN2CCOCC2)CC(=O)N2N=C(c3cccc(OC)c3)CC2c2ccccc2)cc1. The van der Waals surface area contributed by atoms with Crippen molar-refractivity contribution < 1.29 is 23.8 Å². The van der Waals surface area contributed by atoms with Crippen LogP contribution in [-0.4, -0.2) is 92.5 Å². The quantitative estimate of drug-likeness (QED) is 0.377. The van der Waals surface area contributed by atoms with Crippen LogP contribution in [-0.2, 0) is 9.53 Å². The average Bonchev–Trinajstić information content (AvgIpc) is 3.49. The van der Waals surface area contributed by atoms with Crippen molar-refractivity contribution in [3.05, 3.63) is 95.6 Å². The van der Waals surface area contributed by atoms with Crippen LogP contribution >= 0.6 is 0 Å². The lowest BCUT2D eigenvalue weighted by molar-refractivity contribution is -0.133. The predicted octanol–water partition coefficient (Wildman–Crippen LogP) is 3.86. The molecule has 1 atom stereocenters. The second kappa shape index (κ2) is 13.4. The molecule has 0 spiro atoms. The van der Waals surface area contributed by atoms with Crippen LogP contribution in [0.4, 0.5) is 0 Å². The lowest BCUT2D eigenvalue weighted by atomic mass is 9.98. The largest absolute Gasteiger partial charge is 0.497 e. The standard InChI is InChI=1S/C32H36N4O5/c1-39-27-13-11-25(12-14-27)32(38)35(16-15-34-17-19-41-20-18-34)23-31(37)36-30(24-7-4-3-5-8-24)22-29(33-36)26-9-6-10-28(21-26)40-2/h3-14,21,30H,15-20,22-23H2,1-2H3. The van der Waals surface area contributed by atoms with Crippen LogP contribution in [0.2, 0.25) is 0 Å². The highest BCUT2D eigenvalue weighted by molar-refractivity contribution is 6.04. The van der Waals surface area contributed by atoms with E-state index in [0.29, 0.717) is 44.0 Å². The van der Waals surface area contributed by atoms with Gasteiger partial charge in [-0.3, -0.25) is 14.5 Å². The predicted molar refractivity (Wildman–Crippen MR) is 156 cm³/mol. The summed E-state index contributed by atoms with van der Waals surface area (Å²) < 4.78 is 16.1. The van der Waals surface area contributed by atoms with Crippen LogP contribution in [0.5, 0.6) is 11.5 Å². The van der Waals surface area contributed by atoms with Gasteiger partial charge in [0.2, 0.25) is 0 Å². The van der Waals surface area contributed by atoms with Crippen molar-refractivity contribution in [3.8, 4) is 11.5 Å². The highest BCUT2D eigenvalue weighted by Gasteiger charge is 2.34. The van der Waals surface area contributed by atoms with Crippen molar-refractivity contribution in [2.75, 3.05) is 60.2 Å². The Bertz CT molecular complexity index is 1360. The number of hydrogen-bond acceptors (Lipinski definition) is 7. The molecule has 2 heterocycles. The Hall–Kier alpha value is -4.21. The van der Waals surface area contributed by atoms with E-state index in [-0.39, 0.29) is 24.4 Å². The molecule has 41 heavy (non-hydrogen) atoms. The molecule has 1 saturated heterocycles. The van der Waals surface area contributed by atoms with Gasteiger partial charge >= 0.3 is 0 Å². The van der Waals surface area contributed by atoms with Crippen LogP contribution in [0.1, 0.15) is 33.9 Å². The molecule has 5 rings (SSSR count). The van der Waals surface area contributed by atoms with Gasteiger partial charge in [0.25, 0.3) is 11.8 Å². The number of amides is 2. The van der Waals surface area contributed by atoms with Gasteiger partial charge in [-0.1, -0.05) is 42.5 Å². The molecule has 1 unspecified atom stereocenters. The van der Waals surface area contributed by atoms with Crippen LogP contribution < -0.4 is 9.47 Å². The Kier molecular flexibility index (Phi) is 9.28. The number of nitrogens with zero attached hydrogens (tertiary/aromatic N) is 4. The van der Waals surface area contributed by atoms with Crippen molar-refractivity contribution in [2.24, 2.45) is 5.10 Å². The lowest BCUT2D eigenvalue weighted by Gasteiger charge is -2.31. The minimum atomic E-state index is -0.276. The smallest absolute Gasteiger partial charge is 0.262 e. The number of carbonyl (C=O) groups excluding carboxylic acids is 2. The minimum absolute atomic E-state index is 0.0899. The van der Waals surface area contributed by atoms with Crippen LogP contribution in [0.15, 0.2) is 84.0 Å². The van der Waals surface area contributed by atoms with Crippen molar-refractivity contribution in [2.45, 2.75) is 12.5 Å². The number of methoxy groups -OCH3 is 2. The Balaban J connectivity index is 1.40. The van der Waals surface area contributed by atoms with Crippen LogP contribution in [0, 0.1) is 0 Å². The third-order valence-corrected chi connectivity index (χ3v) is 7.49. The van der Waals surface area contributed by atoms with E-state index in [1.807, 2.05) is 54.6 Å². The Morgan fingerprint density at radius 2 is 1.66 bits per heavy atom. The van der Waals surface area contributed by atoms with E-state index in [4.69, 9.17) is 19.3 Å². The molecule has 0 saturated carbocycles. The van der Waals surface area contributed by atoms with Gasteiger partial charge in [-0.2, -0.15) is 5.10 Å². The highest BCUT2D eigenvalue weighted by atomic mass is 16.5. The number of benzene rings is 3. The number of hydrogen-bond donors (Lipinski definition) is 0. The fourth-order valence-corrected chi connectivity index (χ4v) is 5.14. The molecule has 3 aromatic carbocycles. The summed E-state index contributed by atoms with van der Waals surface area (Å²) in [5.74, 6) is 0.951. The van der Waals surface area contributed by atoms with Gasteiger partial charge < -0.3 is 19.1 Å². The summed E-state index contributed by atoms with van der Waals surface area (Å²) >= 11 is 0. The van der Waals surface area contributed by atoms with Crippen LogP contribution in [0.25, 0.3) is 0 Å². The number of morpholine rings is 1. The van der Waals surface area contributed by atoms with E-state index >= 15 is 0 Å². The fourth-order valence-electron chi connectivity index (χ4n) is 5.14. The molecular weight excluding hydrogens is 520 g/mol. The third kappa shape index (κ3) is 6.93. The van der Waals surface area contributed by atoms with Gasteiger partial charge in [0.15, 0.2) is 0 Å². The Labute approximate surface area is 240 Å². The minimum Gasteiger partial charge on any atom is -0.497 e. The number of carbonyl (C=O) groups is 2. The summed E-state index contributed by atoms with van der Waals surface area (Å²) in [5, 5.41) is 6.36. The first-order valence-corrected chi connectivity index (χ1v) is 13.9. The normalized spacial score (nSPS) is 17.2. The topological polar surface area (TPSA) is 83.9 Å². The zero-order chi connectivity index (χ0) is 28.6. The lowest BCUT2D eigenvalue weighted by Crippen LogP contribution is -2.46. The van der Waals surface area contributed by atoms with E-state index in [2.05, 4.69) is 4.90 Å². The summed E-state index contributed by atoms with van der Waals surface area (Å²) in [4.78, 5) is 31.5. The second-order valence-electron chi connectivity index (χ2n) is 10.1. The molecule has 3 aromatic rings. The molecule has 0 radical (unpaired) electrons. The Morgan fingerprint density at radius 1 is 0.927 bits per heavy atom. The van der Waals surface area contributed by atoms with Crippen molar-refractivity contribution in [3.63, 3.8) is 0 Å². The summed E-state index contributed by atoms with van der Waals surface area (Å²) in [5.41, 5.74) is 3.19. The Morgan fingerprint density at radius 3 is 2.37 bits per heavy atom. The van der Waals surface area contributed by atoms with E-state index < -0.39 is 0 Å². The summed E-state index contributed by atoms with van der Waals surface area (Å²) in [7, 11) is 3.22. The van der Waals surface area contributed by atoms with Crippen LogP contribution in [0.3, 0.4) is 0 Å². The van der Waals surface area contributed by atoms with Gasteiger partial charge in [0.1, 0.15) is 18.0 Å². The maximum atomic E-state index is 14.0. The van der Waals surface area contributed by atoms with E-state index in [1.165, 1.54) is 0 Å². The van der Waals surface area contributed by atoms with Gasteiger partial charge in [-0.25, -0.2) is 5.01 Å². The first-order valence-electron chi connectivity index (χ1n) is 13.9. The molecule has 0 N–H and O–H groups in total. The van der Waals surface area contributed by atoms with Crippen molar-refractivity contribution in [1.82, 2.24) is 14.8 Å². The number of hydrazone groups is 1.